The second-order valence-electron chi connectivity index (χ2n) is 5.58. The molecule has 0 saturated heterocycles. The molecule has 3 N–H and O–H groups in total. The fourth-order valence-corrected chi connectivity index (χ4v) is 1.82. The summed E-state index contributed by atoms with van der Waals surface area (Å²) in [5, 5.41) is 19.7. The molecule has 6 heteroatoms. The molecule has 114 valence electrons. The number of rotatable bonds is 7. The molecule has 0 aliphatic heterocycles. The number of amides is 2. The first-order valence-corrected chi connectivity index (χ1v) is 7.18. The monoisotopic (exact) mass is 282 g/mol. The summed E-state index contributed by atoms with van der Waals surface area (Å²) in [6.45, 7) is 9.08. The van der Waals surface area contributed by atoms with Crippen LogP contribution in [0.25, 0.3) is 0 Å². The lowest BCUT2D eigenvalue weighted by atomic mass is 9.98. The van der Waals surface area contributed by atoms with E-state index < -0.39 is 5.60 Å². The highest BCUT2D eigenvalue weighted by Crippen LogP contribution is 2.13. The van der Waals surface area contributed by atoms with E-state index in [0.717, 1.165) is 6.54 Å². The third-order valence-electron chi connectivity index (χ3n) is 3.34. The van der Waals surface area contributed by atoms with Crippen LogP contribution < -0.4 is 10.6 Å². The van der Waals surface area contributed by atoms with Gasteiger partial charge in [-0.1, -0.05) is 27.7 Å². The number of nitrogens with zero attached hydrogens (tertiary/aromatic N) is 2. The van der Waals surface area contributed by atoms with Crippen molar-refractivity contribution in [2.45, 2.75) is 52.7 Å². The molecule has 0 spiro atoms. The molecule has 0 unspecified atom stereocenters. The van der Waals surface area contributed by atoms with Crippen LogP contribution in [0.1, 0.15) is 40.5 Å². The Balaban J connectivity index is 2.44. The van der Waals surface area contributed by atoms with Crippen LogP contribution >= 0.6 is 0 Å². The van der Waals surface area contributed by atoms with Crippen LogP contribution in [0.4, 0.5) is 10.5 Å². The second-order valence-corrected chi connectivity index (χ2v) is 5.58. The smallest absolute Gasteiger partial charge is 0.319 e. The van der Waals surface area contributed by atoms with Gasteiger partial charge in [0.2, 0.25) is 0 Å². The highest BCUT2D eigenvalue weighted by molar-refractivity contribution is 5.88. The number of hydrogen-bond donors (Lipinski definition) is 3. The van der Waals surface area contributed by atoms with Gasteiger partial charge >= 0.3 is 6.03 Å². The van der Waals surface area contributed by atoms with Crippen molar-refractivity contribution < 1.29 is 9.90 Å². The Morgan fingerprint density at radius 2 is 2.10 bits per heavy atom. The summed E-state index contributed by atoms with van der Waals surface area (Å²) < 4.78 is 1.80. The number of carbonyl (C=O) groups is 1. The Labute approximate surface area is 120 Å². The first-order chi connectivity index (χ1) is 9.38. The molecule has 0 saturated carbocycles. The third kappa shape index (κ3) is 5.21. The predicted octanol–water partition coefficient (Wildman–Crippen LogP) is 2.21. The molecule has 0 aliphatic rings. The van der Waals surface area contributed by atoms with Gasteiger partial charge in [0.1, 0.15) is 0 Å². The number of nitrogens with one attached hydrogen (secondary N) is 2. The van der Waals surface area contributed by atoms with Gasteiger partial charge in [-0.3, -0.25) is 4.68 Å². The molecule has 0 aliphatic carbocycles. The van der Waals surface area contributed by atoms with Gasteiger partial charge in [-0.05, 0) is 18.8 Å². The van der Waals surface area contributed by atoms with Crippen molar-refractivity contribution in [3.05, 3.63) is 12.4 Å². The van der Waals surface area contributed by atoms with E-state index in [9.17, 15) is 9.90 Å². The van der Waals surface area contributed by atoms with Crippen LogP contribution in [0.2, 0.25) is 0 Å². The molecule has 6 nitrogen and oxygen atoms in total. The van der Waals surface area contributed by atoms with Crippen LogP contribution in [0, 0.1) is 5.92 Å². The zero-order chi connectivity index (χ0) is 15.2. The minimum atomic E-state index is -0.834. The fraction of sp³-hybridized carbons (Fsp3) is 0.714. The van der Waals surface area contributed by atoms with E-state index in [4.69, 9.17) is 0 Å². The summed E-state index contributed by atoms with van der Waals surface area (Å²) in [7, 11) is 0. The number of aliphatic hydroxyl groups is 1. The first-order valence-electron chi connectivity index (χ1n) is 7.18. The number of hydrogen-bond acceptors (Lipinski definition) is 3. The molecule has 1 aromatic rings. The van der Waals surface area contributed by atoms with E-state index in [1.807, 2.05) is 13.8 Å². The molecule has 0 bridgehead atoms. The van der Waals surface area contributed by atoms with Gasteiger partial charge in [-0.25, -0.2) is 4.79 Å². The molecule has 0 radical (unpaired) electrons. The largest absolute Gasteiger partial charge is 0.388 e. The molecule has 0 atom stereocenters. The Kier molecular flexibility index (Phi) is 6.01. The van der Waals surface area contributed by atoms with Crippen molar-refractivity contribution >= 4 is 11.7 Å². The Morgan fingerprint density at radius 3 is 2.65 bits per heavy atom. The highest BCUT2D eigenvalue weighted by atomic mass is 16.3. The normalized spacial score (nSPS) is 11.7. The van der Waals surface area contributed by atoms with Crippen molar-refractivity contribution in [1.82, 2.24) is 15.1 Å². The highest BCUT2D eigenvalue weighted by Gasteiger charge is 2.22. The van der Waals surface area contributed by atoms with E-state index in [1.165, 1.54) is 0 Å². The molecule has 0 fully saturated rings. The third-order valence-corrected chi connectivity index (χ3v) is 3.34. The molecule has 0 aromatic carbocycles. The van der Waals surface area contributed by atoms with Gasteiger partial charge in [0.05, 0.1) is 17.5 Å². The maximum atomic E-state index is 11.8. The quantitative estimate of drug-likeness (QED) is 0.717. The number of urea groups is 1. The zero-order valence-corrected chi connectivity index (χ0v) is 12.8. The van der Waals surface area contributed by atoms with Crippen LogP contribution in [0.5, 0.6) is 0 Å². The summed E-state index contributed by atoms with van der Waals surface area (Å²) >= 11 is 0. The Bertz CT molecular complexity index is 425. The zero-order valence-electron chi connectivity index (χ0n) is 12.8. The summed E-state index contributed by atoms with van der Waals surface area (Å²) in [4.78, 5) is 11.8. The summed E-state index contributed by atoms with van der Waals surface area (Å²) in [5.74, 6) is 0.501. The molecule has 2 amide bonds. The topological polar surface area (TPSA) is 79.2 Å². The second kappa shape index (κ2) is 7.28. The molecule has 1 aromatic heterocycles. The Hall–Kier alpha value is -1.56. The Morgan fingerprint density at radius 1 is 1.45 bits per heavy atom. The van der Waals surface area contributed by atoms with Crippen LogP contribution in [0.15, 0.2) is 12.4 Å². The minimum Gasteiger partial charge on any atom is -0.388 e. The standard InChI is InChI=1S/C14H26N4O2/c1-5-14(20,6-2)10-15-13(19)17-12-7-16-18(9-12)8-11(3)4/h7,9,11,20H,5-6,8,10H2,1-4H3,(H2,15,17,19). The first kappa shape index (κ1) is 16.5. The van der Waals surface area contributed by atoms with Crippen molar-refractivity contribution in [3.63, 3.8) is 0 Å². The van der Waals surface area contributed by atoms with E-state index in [-0.39, 0.29) is 12.6 Å². The molecule has 1 heterocycles. The van der Waals surface area contributed by atoms with Gasteiger partial charge in [0.15, 0.2) is 0 Å². The molecular formula is C14H26N4O2. The van der Waals surface area contributed by atoms with E-state index >= 15 is 0 Å². The van der Waals surface area contributed by atoms with Gasteiger partial charge in [-0.2, -0.15) is 5.10 Å². The van der Waals surface area contributed by atoms with Crippen molar-refractivity contribution in [3.8, 4) is 0 Å². The average molecular weight is 282 g/mol. The van der Waals surface area contributed by atoms with Crippen molar-refractivity contribution in [1.29, 1.82) is 0 Å². The summed E-state index contributed by atoms with van der Waals surface area (Å²) in [5.41, 5.74) is -0.182. The SMILES string of the molecule is CCC(O)(CC)CNC(=O)Nc1cnn(CC(C)C)c1. The van der Waals surface area contributed by atoms with Crippen molar-refractivity contribution in [2.24, 2.45) is 5.92 Å². The van der Waals surface area contributed by atoms with Crippen LogP contribution in [-0.4, -0.2) is 33.1 Å². The van der Waals surface area contributed by atoms with Crippen LogP contribution in [-0.2, 0) is 6.54 Å². The molecule has 20 heavy (non-hydrogen) atoms. The molecular weight excluding hydrogens is 256 g/mol. The van der Waals surface area contributed by atoms with E-state index in [0.29, 0.717) is 24.4 Å². The van der Waals surface area contributed by atoms with E-state index in [2.05, 4.69) is 29.6 Å². The number of anilines is 1. The van der Waals surface area contributed by atoms with Gasteiger partial charge in [0.25, 0.3) is 0 Å². The van der Waals surface area contributed by atoms with Gasteiger partial charge in [0, 0.05) is 19.3 Å². The number of carbonyl (C=O) groups excluding carboxylic acids is 1. The van der Waals surface area contributed by atoms with Gasteiger partial charge < -0.3 is 15.7 Å². The maximum Gasteiger partial charge on any atom is 0.319 e. The predicted molar refractivity (Wildman–Crippen MR) is 79.6 cm³/mol. The van der Waals surface area contributed by atoms with Crippen molar-refractivity contribution in [2.75, 3.05) is 11.9 Å². The minimum absolute atomic E-state index is 0.242. The summed E-state index contributed by atoms with van der Waals surface area (Å²) in [6, 6.07) is -0.325. The lowest BCUT2D eigenvalue weighted by molar-refractivity contribution is 0.0354. The maximum absolute atomic E-state index is 11.8. The fourth-order valence-electron chi connectivity index (χ4n) is 1.82. The average Bonchev–Trinajstić information content (AvgIpc) is 2.82. The van der Waals surface area contributed by atoms with E-state index in [1.54, 1.807) is 17.1 Å². The lowest BCUT2D eigenvalue weighted by Gasteiger charge is -2.25. The van der Waals surface area contributed by atoms with Crippen LogP contribution in [0.3, 0.4) is 0 Å². The molecule has 1 rings (SSSR count). The lowest BCUT2D eigenvalue weighted by Crippen LogP contribution is -2.43. The summed E-state index contributed by atoms with van der Waals surface area (Å²) in [6.07, 6.45) is 4.63. The number of aromatic nitrogens is 2. The van der Waals surface area contributed by atoms with Gasteiger partial charge in [-0.15, -0.1) is 0 Å².